The SMILES string of the molecule is CC(Sc1cnc(Nc2nc(C(O)CO)cs2)c(OC2CCCc3ncccc32)c1)c1ccccn1. The molecule has 0 spiro atoms. The monoisotopic (exact) mass is 521 g/mol. The number of nitrogens with one attached hydrogen (secondary N) is 1. The van der Waals surface area contributed by atoms with Crippen molar-refractivity contribution in [1.29, 1.82) is 0 Å². The summed E-state index contributed by atoms with van der Waals surface area (Å²) in [5.74, 6) is 1.16. The Morgan fingerprint density at radius 1 is 1.17 bits per heavy atom. The molecule has 36 heavy (non-hydrogen) atoms. The second-order valence-corrected chi connectivity index (χ2v) is 10.7. The van der Waals surface area contributed by atoms with Gasteiger partial charge < -0.3 is 20.3 Å². The van der Waals surface area contributed by atoms with Crippen molar-refractivity contribution in [3.05, 3.63) is 83.0 Å². The van der Waals surface area contributed by atoms with Gasteiger partial charge in [0.15, 0.2) is 16.7 Å². The van der Waals surface area contributed by atoms with Gasteiger partial charge in [-0.3, -0.25) is 9.97 Å². The molecule has 10 heteroatoms. The van der Waals surface area contributed by atoms with Crippen molar-refractivity contribution in [2.24, 2.45) is 0 Å². The zero-order valence-corrected chi connectivity index (χ0v) is 21.4. The van der Waals surface area contributed by atoms with E-state index in [0.29, 0.717) is 22.4 Å². The van der Waals surface area contributed by atoms with Crippen LogP contribution in [0.5, 0.6) is 5.75 Å². The van der Waals surface area contributed by atoms with Crippen LogP contribution in [0.15, 0.2) is 65.3 Å². The maximum atomic E-state index is 9.90. The number of fused-ring (bicyclic) bond motifs is 1. The molecule has 5 rings (SSSR count). The van der Waals surface area contributed by atoms with Gasteiger partial charge in [0, 0.05) is 45.4 Å². The molecule has 4 aromatic heterocycles. The number of nitrogens with zero attached hydrogens (tertiary/aromatic N) is 4. The Morgan fingerprint density at radius 2 is 2.06 bits per heavy atom. The highest BCUT2D eigenvalue weighted by Gasteiger charge is 2.24. The lowest BCUT2D eigenvalue weighted by molar-refractivity contribution is 0.0928. The first kappa shape index (κ1) is 24.6. The van der Waals surface area contributed by atoms with Crippen molar-refractivity contribution in [3.8, 4) is 5.75 Å². The lowest BCUT2D eigenvalue weighted by atomic mass is 9.93. The number of aliphatic hydroxyl groups is 2. The summed E-state index contributed by atoms with van der Waals surface area (Å²) in [5, 5.41) is 24.8. The Hall–Kier alpha value is -3.05. The molecule has 0 amide bonds. The van der Waals surface area contributed by atoms with E-state index in [0.717, 1.165) is 41.1 Å². The van der Waals surface area contributed by atoms with Crippen LogP contribution in [0.4, 0.5) is 10.9 Å². The van der Waals surface area contributed by atoms with E-state index in [1.807, 2.05) is 42.7 Å². The van der Waals surface area contributed by atoms with Crippen molar-refractivity contribution in [2.45, 2.75) is 48.5 Å². The van der Waals surface area contributed by atoms with Gasteiger partial charge in [-0.05, 0) is 50.5 Å². The summed E-state index contributed by atoms with van der Waals surface area (Å²) in [6, 6.07) is 12.0. The summed E-state index contributed by atoms with van der Waals surface area (Å²) >= 11 is 3.00. The molecule has 3 N–H and O–H groups in total. The van der Waals surface area contributed by atoms with Crippen LogP contribution in [0.1, 0.15) is 59.9 Å². The normalized spacial score (nSPS) is 16.7. The van der Waals surface area contributed by atoms with Crippen molar-refractivity contribution < 1.29 is 14.9 Å². The molecule has 0 fully saturated rings. The number of hydrogen-bond acceptors (Lipinski definition) is 10. The maximum absolute atomic E-state index is 9.90. The summed E-state index contributed by atoms with van der Waals surface area (Å²) in [6.07, 6.45) is 7.15. The lowest BCUT2D eigenvalue weighted by Crippen LogP contribution is -2.17. The molecule has 4 aromatic rings. The van der Waals surface area contributed by atoms with E-state index in [4.69, 9.17) is 4.74 Å². The van der Waals surface area contributed by atoms with Crippen LogP contribution in [0.2, 0.25) is 0 Å². The van der Waals surface area contributed by atoms with E-state index in [9.17, 15) is 10.2 Å². The van der Waals surface area contributed by atoms with Gasteiger partial charge in [0.2, 0.25) is 0 Å². The average molecular weight is 522 g/mol. The van der Waals surface area contributed by atoms with Crippen LogP contribution in [0.25, 0.3) is 0 Å². The molecule has 0 saturated carbocycles. The summed E-state index contributed by atoms with van der Waals surface area (Å²) in [7, 11) is 0. The molecule has 0 radical (unpaired) electrons. The minimum Gasteiger partial charge on any atom is -0.482 e. The molecular weight excluding hydrogens is 494 g/mol. The first-order chi connectivity index (χ1) is 17.6. The smallest absolute Gasteiger partial charge is 0.188 e. The van der Waals surface area contributed by atoms with Crippen molar-refractivity contribution in [2.75, 3.05) is 11.9 Å². The summed E-state index contributed by atoms with van der Waals surface area (Å²) in [5.41, 5.74) is 3.60. The van der Waals surface area contributed by atoms with Crippen LogP contribution in [0, 0.1) is 0 Å². The molecule has 0 aromatic carbocycles. The van der Waals surface area contributed by atoms with Crippen LogP contribution >= 0.6 is 23.1 Å². The zero-order chi connectivity index (χ0) is 24.9. The fourth-order valence-electron chi connectivity index (χ4n) is 4.09. The Morgan fingerprint density at radius 3 is 2.89 bits per heavy atom. The quantitative estimate of drug-likeness (QED) is 0.249. The highest BCUT2D eigenvalue weighted by molar-refractivity contribution is 7.99. The number of aliphatic hydroxyl groups excluding tert-OH is 2. The first-order valence-corrected chi connectivity index (χ1v) is 13.6. The van der Waals surface area contributed by atoms with Gasteiger partial charge in [-0.1, -0.05) is 12.1 Å². The van der Waals surface area contributed by atoms with E-state index in [-0.39, 0.29) is 18.0 Å². The van der Waals surface area contributed by atoms with Crippen LogP contribution in [-0.4, -0.2) is 36.8 Å². The van der Waals surface area contributed by atoms with E-state index < -0.39 is 6.10 Å². The van der Waals surface area contributed by atoms with Crippen LogP contribution in [0.3, 0.4) is 0 Å². The Kier molecular flexibility index (Phi) is 7.76. The first-order valence-electron chi connectivity index (χ1n) is 11.8. The van der Waals surface area contributed by atoms with E-state index in [1.165, 1.54) is 11.3 Å². The van der Waals surface area contributed by atoms with Crippen molar-refractivity contribution >= 4 is 34.0 Å². The summed E-state index contributed by atoms with van der Waals surface area (Å²) in [6.45, 7) is 1.73. The number of thiazole rings is 1. The lowest BCUT2D eigenvalue weighted by Gasteiger charge is -2.26. The van der Waals surface area contributed by atoms with E-state index >= 15 is 0 Å². The summed E-state index contributed by atoms with van der Waals surface area (Å²) < 4.78 is 6.58. The molecular formula is C26H27N5O3S2. The predicted octanol–water partition coefficient (Wildman–Crippen LogP) is 5.41. The Balaban J connectivity index is 1.43. The van der Waals surface area contributed by atoms with Crippen molar-refractivity contribution in [3.63, 3.8) is 0 Å². The fraction of sp³-hybridized carbons (Fsp3) is 0.308. The number of pyridine rings is 3. The molecule has 186 valence electrons. The fourth-order valence-corrected chi connectivity index (χ4v) is 5.80. The van der Waals surface area contributed by atoms with E-state index in [2.05, 4.69) is 38.2 Å². The zero-order valence-electron chi connectivity index (χ0n) is 19.7. The molecule has 0 bridgehead atoms. The molecule has 1 aliphatic rings. The van der Waals surface area contributed by atoms with Gasteiger partial charge in [0.05, 0.1) is 18.0 Å². The number of hydrogen-bond donors (Lipinski definition) is 3. The molecule has 4 heterocycles. The van der Waals surface area contributed by atoms with Gasteiger partial charge in [-0.25, -0.2) is 9.97 Å². The van der Waals surface area contributed by atoms with Crippen LogP contribution < -0.4 is 10.1 Å². The standard InChI is InChI=1S/C26H27N5O3S2/c1-16(19-7-2-3-10-27-19)36-17-12-24(34-23-9-4-8-20-18(23)6-5-11-28-20)25(29-13-17)31-26-30-21(15-35-26)22(33)14-32/h2-3,5-7,10-13,15-16,22-23,32-33H,4,8-9,14H2,1H3,(H,29,30,31). The minimum atomic E-state index is -1.02. The highest BCUT2D eigenvalue weighted by atomic mass is 32.2. The van der Waals surface area contributed by atoms with Crippen LogP contribution in [-0.2, 0) is 6.42 Å². The third kappa shape index (κ3) is 5.67. The largest absolute Gasteiger partial charge is 0.482 e. The second-order valence-electron chi connectivity index (χ2n) is 8.47. The number of rotatable bonds is 9. The van der Waals surface area contributed by atoms with Gasteiger partial charge in [0.1, 0.15) is 12.2 Å². The molecule has 0 aliphatic heterocycles. The van der Waals surface area contributed by atoms with Gasteiger partial charge in [-0.15, -0.1) is 23.1 Å². The average Bonchev–Trinajstić information content (AvgIpc) is 3.39. The Labute approximate surface area is 217 Å². The third-order valence-corrected chi connectivity index (χ3v) is 7.79. The highest BCUT2D eigenvalue weighted by Crippen LogP contribution is 2.40. The molecule has 3 atom stereocenters. The topological polar surface area (TPSA) is 113 Å². The second kappa shape index (κ2) is 11.3. The van der Waals surface area contributed by atoms with Gasteiger partial charge >= 0.3 is 0 Å². The molecule has 3 unspecified atom stereocenters. The number of anilines is 2. The molecule has 8 nitrogen and oxygen atoms in total. The minimum absolute atomic E-state index is 0.124. The van der Waals surface area contributed by atoms with Gasteiger partial charge in [0.25, 0.3) is 0 Å². The van der Waals surface area contributed by atoms with E-state index in [1.54, 1.807) is 23.3 Å². The molecule has 1 aliphatic carbocycles. The third-order valence-electron chi connectivity index (χ3n) is 5.93. The van der Waals surface area contributed by atoms with Crippen molar-refractivity contribution in [1.82, 2.24) is 19.9 Å². The van der Waals surface area contributed by atoms with Gasteiger partial charge in [-0.2, -0.15) is 0 Å². The Bertz CT molecular complexity index is 1300. The maximum Gasteiger partial charge on any atom is 0.188 e. The number of ether oxygens (including phenoxy) is 1. The summed E-state index contributed by atoms with van der Waals surface area (Å²) in [4.78, 5) is 19.1. The number of thioether (sulfide) groups is 1. The number of aryl methyl sites for hydroxylation is 1. The molecule has 0 saturated heterocycles. The predicted molar refractivity (Wildman–Crippen MR) is 141 cm³/mol. The number of aromatic nitrogens is 4.